The number of carbonyl (C=O) groups is 3. The Morgan fingerprint density at radius 2 is 1.85 bits per heavy atom. The van der Waals surface area contributed by atoms with Crippen LogP contribution in [0.4, 0.5) is 5.69 Å². The van der Waals surface area contributed by atoms with Gasteiger partial charge in [-0.05, 0) is 58.1 Å². The Kier molecular flexibility index (Phi) is 15.9. The molecule has 9 nitrogen and oxygen atoms in total. The summed E-state index contributed by atoms with van der Waals surface area (Å²) in [6.45, 7) is 6.67. The van der Waals surface area contributed by atoms with Crippen molar-refractivity contribution in [2.45, 2.75) is 52.5 Å². The SMILES string of the molecule is CCOc1ccc(Cl)cc1NC(=O)CC(C)(C)CC(=O)N/C(C=O)=C(\CCN(C)C)NC.CNC1C=CC=CC1. The standard InChI is InChI=1S/C23H35ClN4O4.C7H11N/c1-7-32-20-9-8-16(24)12-18(20)26-21(30)13-23(2,3)14-22(31)27-19(15-29)17(25-4)10-11-28(5)6;1-8-7-5-3-2-4-6-7/h8-9,12,15,25H,7,10-11,13-14H2,1-6H3,(H,26,30)(H,27,31);2-5,7-8H,6H2,1H3/b19-17+;. The molecule has 1 aromatic carbocycles. The fraction of sp³-hybridized carbons (Fsp3) is 0.500. The van der Waals surface area contributed by atoms with E-state index in [1.54, 1.807) is 25.2 Å². The average molecular weight is 576 g/mol. The van der Waals surface area contributed by atoms with E-state index in [-0.39, 0.29) is 30.4 Å². The van der Waals surface area contributed by atoms with Gasteiger partial charge in [0.05, 0.1) is 12.3 Å². The smallest absolute Gasteiger partial charge is 0.225 e. The maximum Gasteiger partial charge on any atom is 0.225 e. The Hall–Kier alpha value is -3.14. The first-order valence-electron chi connectivity index (χ1n) is 13.5. The lowest BCUT2D eigenvalue weighted by Gasteiger charge is -2.24. The van der Waals surface area contributed by atoms with Crippen LogP contribution in [0.25, 0.3) is 0 Å². The Morgan fingerprint density at radius 1 is 1.15 bits per heavy atom. The van der Waals surface area contributed by atoms with Gasteiger partial charge in [0.25, 0.3) is 0 Å². The van der Waals surface area contributed by atoms with Crippen molar-refractivity contribution < 1.29 is 19.1 Å². The molecule has 0 spiro atoms. The number of nitrogens with zero attached hydrogens (tertiary/aromatic N) is 1. The van der Waals surface area contributed by atoms with Gasteiger partial charge < -0.3 is 30.9 Å². The van der Waals surface area contributed by atoms with Gasteiger partial charge >= 0.3 is 0 Å². The first kappa shape index (κ1) is 34.9. The van der Waals surface area contributed by atoms with Crippen LogP contribution in [0.3, 0.4) is 0 Å². The second-order valence-electron chi connectivity index (χ2n) is 10.4. The minimum atomic E-state index is -0.643. The largest absolute Gasteiger partial charge is 0.492 e. The van der Waals surface area contributed by atoms with Crippen LogP contribution in [-0.4, -0.2) is 70.4 Å². The molecule has 1 aromatic rings. The molecule has 1 aliphatic rings. The van der Waals surface area contributed by atoms with E-state index in [2.05, 4.69) is 45.6 Å². The number of carbonyl (C=O) groups excluding carboxylic acids is 3. The highest BCUT2D eigenvalue weighted by molar-refractivity contribution is 6.31. The van der Waals surface area contributed by atoms with Gasteiger partial charge in [-0.3, -0.25) is 14.4 Å². The molecule has 10 heteroatoms. The molecule has 2 amide bonds. The zero-order valence-corrected chi connectivity index (χ0v) is 25.7. The molecule has 0 aliphatic heterocycles. The number of nitrogens with one attached hydrogen (secondary N) is 4. The van der Waals surface area contributed by atoms with Crippen LogP contribution >= 0.6 is 11.6 Å². The van der Waals surface area contributed by atoms with Crippen LogP contribution in [0.15, 0.2) is 53.9 Å². The number of likely N-dealkylation sites (N-methyl/N-ethyl adjacent to an activating group) is 1. The van der Waals surface area contributed by atoms with Crippen LogP contribution in [0.1, 0.15) is 46.5 Å². The first-order chi connectivity index (χ1) is 18.9. The number of aldehydes is 1. The molecule has 0 saturated heterocycles. The lowest BCUT2D eigenvalue weighted by molar-refractivity contribution is -0.124. The number of amides is 2. The summed E-state index contributed by atoms with van der Waals surface area (Å²) in [5.41, 5.74) is 0.702. The molecule has 1 unspecified atom stereocenters. The van der Waals surface area contributed by atoms with Crippen molar-refractivity contribution in [3.8, 4) is 5.75 Å². The molecule has 0 bridgehead atoms. The fourth-order valence-corrected chi connectivity index (χ4v) is 4.07. The van der Waals surface area contributed by atoms with Crippen molar-refractivity contribution in [1.82, 2.24) is 20.9 Å². The number of benzene rings is 1. The number of allylic oxidation sites excluding steroid dienone is 3. The second-order valence-corrected chi connectivity index (χ2v) is 10.9. The highest BCUT2D eigenvalue weighted by Crippen LogP contribution is 2.30. The quantitative estimate of drug-likeness (QED) is 0.194. The van der Waals surface area contributed by atoms with Gasteiger partial charge in [0.15, 0.2) is 6.29 Å². The summed E-state index contributed by atoms with van der Waals surface area (Å²) < 4.78 is 5.53. The maximum absolute atomic E-state index is 12.6. The van der Waals surface area contributed by atoms with E-state index in [4.69, 9.17) is 16.3 Å². The summed E-state index contributed by atoms with van der Waals surface area (Å²) >= 11 is 6.04. The van der Waals surface area contributed by atoms with Gasteiger partial charge in [0.2, 0.25) is 11.8 Å². The van der Waals surface area contributed by atoms with Crippen molar-refractivity contribution in [1.29, 1.82) is 0 Å². The molecule has 0 fully saturated rings. The van der Waals surface area contributed by atoms with Crippen molar-refractivity contribution in [2.75, 3.05) is 46.7 Å². The highest BCUT2D eigenvalue weighted by Gasteiger charge is 2.26. The molecule has 40 heavy (non-hydrogen) atoms. The van der Waals surface area contributed by atoms with Gasteiger partial charge in [-0.2, -0.15) is 0 Å². The zero-order chi connectivity index (χ0) is 30.1. The van der Waals surface area contributed by atoms with E-state index in [9.17, 15) is 14.4 Å². The van der Waals surface area contributed by atoms with Crippen molar-refractivity contribution in [3.05, 3.63) is 58.9 Å². The van der Waals surface area contributed by atoms with E-state index in [1.165, 1.54) is 0 Å². The Balaban J connectivity index is 0.000000850. The summed E-state index contributed by atoms with van der Waals surface area (Å²) in [5.74, 6) is -0.0711. The highest BCUT2D eigenvalue weighted by atomic mass is 35.5. The predicted octanol–water partition coefficient (Wildman–Crippen LogP) is 4.27. The van der Waals surface area contributed by atoms with Gasteiger partial charge in [0, 0.05) is 49.6 Å². The van der Waals surface area contributed by atoms with Crippen LogP contribution in [0.2, 0.25) is 5.02 Å². The van der Waals surface area contributed by atoms with E-state index < -0.39 is 5.41 Å². The van der Waals surface area contributed by atoms with E-state index in [0.717, 1.165) is 13.0 Å². The van der Waals surface area contributed by atoms with Gasteiger partial charge in [0.1, 0.15) is 11.4 Å². The van der Waals surface area contributed by atoms with E-state index >= 15 is 0 Å². The maximum atomic E-state index is 12.6. The number of hydrogen-bond acceptors (Lipinski definition) is 7. The lowest BCUT2D eigenvalue weighted by Crippen LogP contribution is -2.33. The third-order valence-corrected chi connectivity index (χ3v) is 6.21. The molecule has 222 valence electrons. The van der Waals surface area contributed by atoms with Crippen LogP contribution < -0.4 is 26.0 Å². The number of ether oxygens (including phenoxy) is 1. The average Bonchev–Trinajstić information content (AvgIpc) is 2.89. The van der Waals surface area contributed by atoms with Crippen molar-refractivity contribution in [2.24, 2.45) is 5.41 Å². The molecule has 2 rings (SSSR count). The Labute approximate surface area is 244 Å². The molecule has 1 aliphatic carbocycles. The van der Waals surface area contributed by atoms with Gasteiger partial charge in [-0.15, -0.1) is 0 Å². The topological polar surface area (TPSA) is 112 Å². The first-order valence-corrected chi connectivity index (χ1v) is 13.9. The molecular formula is C30H46ClN5O4. The number of anilines is 1. The lowest BCUT2D eigenvalue weighted by atomic mass is 9.85. The number of hydrogen-bond donors (Lipinski definition) is 4. The minimum Gasteiger partial charge on any atom is -0.492 e. The minimum absolute atomic E-state index is 0.0658. The molecule has 1 atom stereocenters. The second kappa shape index (κ2) is 18.3. The molecule has 0 saturated carbocycles. The normalized spacial score (nSPS) is 15.0. The van der Waals surface area contributed by atoms with E-state index in [1.807, 2.05) is 46.8 Å². The third kappa shape index (κ3) is 13.8. The Bertz CT molecular complexity index is 1070. The summed E-state index contributed by atoms with van der Waals surface area (Å²) in [5, 5.41) is 12.1. The predicted molar refractivity (Wildman–Crippen MR) is 163 cm³/mol. The molecule has 0 radical (unpaired) electrons. The van der Waals surface area contributed by atoms with Crippen molar-refractivity contribution >= 4 is 35.4 Å². The van der Waals surface area contributed by atoms with Gasteiger partial charge in [-0.25, -0.2) is 0 Å². The summed E-state index contributed by atoms with van der Waals surface area (Å²) in [7, 11) is 7.55. The monoisotopic (exact) mass is 575 g/mol. The number of halogens is 1. The number of rotatable bonds is 14. The fourth-order valence-electron chi connectivity index (χ4n) is 3.90. The van der Waals surface area contributed by atoms with Gasteiger partial charge in [-0.1, -0.05) is 49.8 Å². The Morgan fingerprint density at radius 3 is 2.38 bits per heavy atom. The zero-order valence-electron chi connectivity index (χ0n) is 24.9. The molecule has 0 aromatic heterocycles. The molecular weight excluding hydrogens is 530 g/mol. The summed E-state index contributed by atoms with van der Waals surface area (Å²) in [6, 6.07) is 5.58. The third-order valence-electron chi connectivity index (χ3n) is 5.97. The summed E-state index contributed by atoms with van der Waals surface area (Å²) in [4.78, 5) is 38.8. The van der Waals surface area contributed by atoms with Crippen molar-refractivity contribution in [3.63, 3.8) is 0 Å². The van der Waals surface area contributed by atoms with Crippen LogP contribution in [-0.2, 0) is 14.4 Å². The molecule has 0 heterocycles. The molecule has 4 N–H and O–H groups in total. The summed E-state index contributed by atoms with van der Waals surface area (Å²) in [6.07, 6.45) is 11.0. The van der Waals surface area contributed by atoms with Crippen LogP contribution in [0, 0.1) is 5.41 Å². The van der Waals surface area contributed by atoms with Crippen LogP contribution in [0.5, 0.6) is 5.75 Å². The van der Waals surface area contributed by atoms with E-state index in [0.29, 0.717) is 47.5 Å².